The summed E-state index contributed by atoms with van der Waals surface area (Å²) >= 11 is 0. The lowest BCUT2D eigenvalue weighted by Gasteiger charge is -2.35. The van der Waals surface area contributed by atoms with Gasteiger partial charge in [-0.15, -0.1) is 0 Å². The first-order valence-corrected chi connectivity index (χ1v) is 7.78. The zero-order valence-electron chi connectivity index (χ0n) is 13.2. The van der Waals surface area contributed by atoms with Crippen LogP contribution in [0.5, 0.6) is 11.6 Å². The van der Waals surface area contributed by atoms with Gasteiger partial charge in [0, 0.05) is 44.3 Å². The van der Waals surface area contributed by atoms with Crippen molar-refractivity contribution in [2.24, 2.45) is 0 Å². The summed E-state index contributed by atoms with van der Waals surface area (Å²) in [4.78, 5) is 15.0. The number of ether oxygens (including phenoxy) is 2. The molecule has 0 amide bonds. The SMILES string of the molecule is C[C@H]1CNCCN1c1nccnc1OCCOc1cccnc1. The van der Waals surface area contributed by atoms with Crippen LogP contribution in [0.25, 0.3) is 0 Å². The molecule has 23 heavy (non-hydrogen) atoms. The van der Waals surface area contributed by atoms with Crippen LogP contribution >= 0.6 is 0 Å². The molecule has 0 unspecified atom stereocenters. The Morgan fingerprint density at radius 1 is 1.22 bits per heavy atom. The number of hydrogen-bond acceptors (Lipinski definition) is 7. The van der Waals surface area contributed by atoms with Gasteiger partial charge in [-0.3, -0.25) is 4.98 Å². The molecule has 0 aliphatic carbocycles. The van der Waals surface area contributed by atoms with Crippen molar-refractivity contribution in [1.29, 1.82) is 0 Å². The van der Waals surface area contributed by atoms with E-state index in [9.17, 15) is 0 Å². The molecule has 1 saturated heterocycles. The molecule has 1 N–H and O–H groups in total. The maximum Gasteiger partial charge on any atom is 0.257 e. The average molecular weight is 315 g/mol. The van der Waals surface area contributed by atoms with Crippen LogP contribution in [0.4, 0.5) is 5.82 Å². The first kappa shape index (κ1) is 15.5. The molecule has 122 valence electrons. The van der Waals surface area contributed by atoms with Gasteiger partial charge >= 0.3 is 0 Å². The van der Waals surface area contributed by atoms with Gasteiger partial charge in [-0.1, -0.05) is 0 Å². The van der Waals surface area contributed by atoms with E-state index < -0.39 is 0 Å². The van der Waals surface area contributed by atoms with Crippen LogP contribution in [-0.4, -0.2) is 53.8 Å². The number of nitrogens with one attached hydrogen (secondary N) is 1. The van der Waals surface area contributed by atoms with Gasteiger partial charge in [0.2, 0.25) is 0 Å². The maximum atomic E-state index is 5.78. The molecule has 3 heterocycles. The third-order valence-electron chi connectivity index (χ3n) is 3.65. The molecule has 2 aromatic rings. The molecule has 0 radical (unpaired) electrons. The third kappa shape index (κ3) is 4.07. The van der Waals surface area contributed by atoms with Crippen molar-refractivity contribution in [3.63, 3.8) is 0 Å². The van der Waals surface area contributed by atoms with Crippen molar-refractivity contribution in [2.45, 2.75) is 13.0 Å². The predicted octanol–water partition coefficient (Wildman–Crippen LogP) is 1.13. The highest BCUT2D eigenvalue weighted by Crippen LogP contribution is 2.25. The number of piperazine rings is 1. The van der Waals surface area contributed by atoms with Crippen molar-refractivity contribution in [3.05, 3.63) is 36.9 Å². The molecule has 1 atom stereocenters. The summed E-state index contributed by atoms with van der Waals surface area (Å²) in [5, 5.41) is 3.37. The Hall–Kier alpha value is -2.41. The van der Waals surface area contributed by atoms with E-state index in [1.165, 1.54) is 0 Å². The Balaban J connectivity index is 1.57. The molecule has 7 nitrogen and oxygen atoms in total. The molecule has 2 aromatic heterocycles. The zero-order chi connectivity index (χ0) is 15.9. The summed E-state index contributed by atoms with van der Waals surface area (Å²) in [5.41, 5.74) is 0. The summed E-state index contributed by atoms with van der Waals surface area (Å²) in [6.07, 6.45) is 6.73. The van der Waals surface area contributed by atoms with Gasteiger partial charge in [0.15, 0.2) is 5.82 Å². The van der Waals surface area contributed by atoms with E-state index in [2.05, 4.69) is 32.1 Å². The standard InChI is InChI=1S/C16H21N5O2/c1-13-11-18-7-8-21(13)15-16(20-6-5-19-15)23-10-9-22-14-3-2-4-17-12-14/h2-6,12-13,18H,7-11H2,1H3/t13-/m0/s1. The second-order valence-corrected chi connectivity index (χ2v) is 5.32. The monoisotopic (exact) mass is 315 g/mol. The summed E-state index contributed by atoms with van der Waals surface area (Å²) in [6.45, 7) is 5.75. The number of hydrogen-bond donors (Lipinski definition) is 1. The van der Waals surface area contributed by atoms with E-state index >= 15 is 0 Å². The van der Waals surface area contributed by atoms with Crippen molar-refractivity contribution < 1.29 is 9.47 Å². The minimum absolute atomic E-state index is 0.356. The Morgan fingerprint density at radius 3 is 2.91 bits per heavy atom. The van der Waals surface area contributed by atoms with Crippen LogP contribution in [0, 0.1) is 0 Å². The first-order valence-electron chi connectivity index (χ1n) is 7.78. The van der Waals surface area contributed by atoms with Crippen LogP contribution < -0.4 is 19.7 Å². The Labute approximate surface area is 135 Å². The van der Waals surface area contributed by atoms with Crippen molar-refractivity contribution in [2.75, 3.05) is 37.7 Å². The Bertz CT molecular complexity index is 610. The lowest BCUT2D eigenvalue weighted by Crippen LogP contribution is -2.50. The largest absolute Gasteiger partial charge is 0.488 e. The summed E-state index contributed by atoms with van der Waals surface area (Å²) < 4.78 is 11.4. The van der Waals surface area contributed by atoms with Gasteiger partial charge in [0.05, 0.1) is 6.20 Å². The van der Waals surface area contributed by atoms with Gasteiger partial charge < -0.3 is 19.7 Å². The second-order valence-electron chi connectivity index (χ2n) is 5.32. The molecule has 0 spiro atoms. The normalized spacial score (nSPS) is 17.8. The summed E-state index contributed by atoms with van der Waals surface area (Å²) in [7, 11) is 0. The molecule has 0 bridgehead atoms. The molecule has 3 rings (SSSR count). The molecular formula is C16H21N5O2. The van der Waals surface area contributed by atoms with Crippen LogP contribution in [0.1, 0.15) is 6.92 Å². The fourth-order valence-corrected chi connectivity index (χ4v) is 2.50. The van der Waals surface area contributed by atoms with Gasteiger partial charge in [0.1, 0.15) is 19.0 Å². The van der Waals surface area contributed by atoms with E-state index in [4.69, 9.17) is 9.47 Å². The average Bonchev–Trinajstić information content (AvgIpc) is 2.61. The van der Waals surface area contributed by atoms with E-state index in [-0.39, 0.29) is 0 Å². The summed E-state index contributed by atoms with van der Waals surface area (Å²) in [6, 6.07) is 4.06. The Morgan fingerprint density at radius 2 is 2.09 bits per heavy atom. The fraction of sp³-hybridized carbons (Fsp3) is 0.438. The number of aromatic nitrogens is 3. The minimum atomic E-state index is 0.356. The van der Waals surface area contributed by atoms with E-state index in [1.54, 1.807) is 24.8 Å². The van der Waals surface area contributed by atoms with Crippen molar-refractivity contribution in [3.8, 4) is 11.6 Å². The number of pyridine rings is 1. The highest BCUT2D eigenvalue weighted by Gasteiger charge is 2.23. The van der Waals surface area contributed by atoms with Gasteiger partial charge in [-0.05, 0) is 19.1 Å². The molecule has 1 aliphatic heterocycles. The van der Waals surface area contributed by atoms with Crippen LogP contribution in [0.3, 0.4) is 0 Å². The number of rotatable bonds is 6. The lowest BCUT2D eigenvalue weighted by atomic mass is 10.2. The molecule has 1 aliphatic rings. The molecule has 0 saturated carbocycles. The molecule has 1 fully saturated rings. The second kappa shape index (κ2) is 7.73. The minimum Gasteiger partial charge on any atom is -0.488 e. The van der Waals surface area contributed by atoms with E-state index in [1.807, 2.05) is 12.1 Å². The van der Waals surface area contributed by atoms with Crippen LogP contribution in [0.2, 0.25) is 0 Å². The van der Waals surface area contributed by atoms with Crippen molar-refractivity contribution >= 4 is 5.82 Å². The quantitative estimate of drug-likeness (QED) is 0.801. The fourth-order valence-electron chi connectivity index (χ4n) is 2.50. The number of nitrogens with zero attached hydrogens (tertiary/aromatic N) is 4. The van der Waals surface area contributed by atoms with Gasteiger partial charge in [-0.25, -0.2) is 9.97 Å². The predicted molar refractivity (Wildman–Crippen MR) is 86.9 cm³/mol. The van der Waals surface area contributed by atoms with Crippen molar-refractivity contribution in [1.82, 2.24) is 20.3 Å². The zero-order valence-corrected chi connectivity index (χ0v) is 13.2. The molecule has 0 aromatic carbocycles. The molecular weight excluding hydrogens is 294 g/mol. The van der Waals surface area contributed by atoms with E-state index in [0.29, 0.717) is 25.1 Å². The Kier molecular flexibility index (Phi) is 5.21. The summed E-state index contributed by atoms with van der Waals surface area (Å²) in [5.74, 6) is 2.07. The molecule has 7 heteroatoms. The first-order chi connectivity index (χ1) is 11.3. The third-order valence-corrected chi connectivity index (χ3v) is 3.65. The lowest BCUT2D eigenvalue weighted by molar-refractivity contribution is 0.211. The van der Waals surface area contributed by atoms with Gasteiger partial charge in [-0.2, -0.15) is 0 Å². The van der Waals surface area contributed by atoms with Gasteiger partial charge in [0.25, 0.3) is 5.88 Å². The highest BCUT2D eigenvalue weighted by atomic mass is 16.5. The topological polar surface area (TPSA) is 72.4 Å². The van der Waals surface area contributed by atoms with E-state index in [0.717, 1.165) is 31.2 Å². The van der Waals surface area contributed by atoms with Crippen LogP contribution in [-0.2, 0) is 0 Å². The number of anilines is 1. The smallest absolute Gasteiger partial charge is 0.257 e. The maximum absolute atomic E-state index is 5.78. The highest BCUT2D eigenvalue weighted by molar-refractivity contribution is 5.49. The van der Waals surface area contributed by atoms with Crippen LogP contribution in [0.15, 0.2) is 36.9 Å².